The van der Waals surface area contributed by atoms with E-state index in [0.29, 0.717) is 5.56 Å². The summed E-state index contributed by atoms with van der Waals surface area (Å²) in [6, 6.07) is 16.6. The van der Waals surface area contributed by atoms with E-state index in [-0.39, 0.29) is 18.8 Å². The second-order valence-electron chi connectivity index (χ2n) is 7.27. The van der Waals surface area contributed by atoms with Gasteiger partial charge in [-0.1, -0.05) is 77.3 Å². The van der Waals surface area contributed by atoms with Gasteiger partial charge in [-0.25, -0.2) is 9.59 Å². The molecule has 0 bridgehead atoms. The maximum absolute atomic E-state index is 12.8. The third-order valence-corrected chi connectivity index (χ3v) is 5.32. The summed E-state index contributed by atoms with van der Waals surface area (Å²) < 4.78 is 25.8. The lowest BCUT2D eigenvalue weighted by Crippen LogP contribution is -2.42. The molecule has 4 atom stereocenters. The minimum Gasteiger partial charge on any atom is -0.459 e. The minimum absolute atomic E-state index is 0.0607. The largest absolute Gasteiger partial charge is 0.459 e. The van der Waals surface area contributed by atoms with Gasteiger partial charge in [-0.15, -0.1) is 6.58 Å². The zero-order chi connectivity index (χ0) is 25.4. The van der Waals surface area contributed by atoms with Gasteiger partial charge in [-0.3, -0.25) is 5.41 Å². The first kappa shape index (κ1) is 27.0. The van der Waals surface area contributed by atoms with E-state index in [4.69, 9.17) is 63.9 Å². The number of ether oxygens (including phenoxy) is 5. The molecule has 0 saturated carbocycles. The first-order chi connectivity index (χ1) is 16.7. The van der Waals surface area contributed by atoms with Crippen LogP contribution >= 0.6 is 34.8 Å². The van der Waals surface area contributed by atoms with Crippen molar-refractivity contribution in [3.8, 4) is 0 Å². The molecule has 0 aromatic heterocycles. The zero-order valence-corrected chi connectivity index (χ0v) is 20.5. The van der Waals surface area contributed by atoms with E-state index < -0.39 is 46.2 Å². The van der Waals surface area contributed by atoms with Crippen LogP contribution in [-0.4, -0.2) is 59.4 Å². The predicted molar refractivity (Wildman–Crippen MR) is 130 cm³/mol. The average molecular weight is 543 g/mol. The summed E-state index contributed by atoms with van der Waals surface area (Å²) in [6.45, 7) is 3.41. The van der Waals surface area contributed by atoms with Crippen LogP contribution in [0.5, 0.6) is 0 Å². The number of alkyl halides is 3. The summed E-state index contributed by atoms with van der Waals surface area (Å²) >= 11 is 17.2. The van der Waals surface area contributed by atoms with E-state index in [1.165, 1.54) is 6.08 Å². The summed E-state index contributed by atoms with van der Waals surface area (Å²) in [4.78, 5) is 25.2. The molecule has 0 spiro atoms. The van der Waals surface area contributed by atoms with E-state index in [1.807, 2.05) is 0 Å². The van der Waals surface area contributed by atoms with Crippen molar-refractivity contribution in [3.63, 3.8) is 0 Å². The quantitative estimate of drug-likeness (QED) is 0.161. The molecule has 0 aliphatic carbocycles. The Hall–Kier alpha value is -2.62. The maximum atomic E-state index is 12.8. The molecule has 8 nitrogen and oxygen atoms in total. The molecular weight excluding hydrogens is 521 g/mol. The molecule has 1 aliphatic rings. The lowest BCUT2D eigenvalue weighted by atomic mass is 10.1. The fraction of sp³-hybridized carbons (Fsp3) is 0.292. The summed E-state index contributed by atoms with van der Waals surface area (Å²) in [7, 11) is 0. The van der Waals surface area contributed by atoms with Crippen LogP contribution in [0.4, 0.5) is 0 Å². The molecule has 1 N–H and O–H groups in total. The molecule has 0 radical (unpaired) electrons. The zero-order valence-electron chi connectivity index (χ0n) is 18.3. The summed E-state index contributed by atoms with van der Waals surface area (Å²) in [5.74, 6) is -2.03. The monoisotopic (exact) mass is 541 g/mol. The van der Waals surface area contributed by atoms with Crippen molar-refractivity contribution in [1.29, 1.82) is 5.41 Å². The Morgan fingerprint density at radius 2 is 1.51 bits per heavy atom. The van der Waals surface area contributed by atoms with Crippen LogP contribution in [0.25, 0.3) is 0 Å². The molecule has 2 aromatic carbocycles. The summed E-state index contributed by atoms with van der Waals surface area (Å²) in [5.41, 5.74) is 0.607. The molecule has 1 aliphatic heterocycles. The second-order valence-corrected chi connectivity index (χ2v) is 9.56. The van der Waals surface area contributed by atoms with Gasteiger partial charge < -0.3 is 23.7 Å². The first-order valence-electron chi connectivity index (χ1n) is 10.4. The Kier molecular flexibility index (Phi) is 9.54. The van der Waals surface area contributed by atoms with Crippen LogP contribution in [0.1, 0.15) is 20.7 Å². The smallest absolute Gasteiger partial charge is 0.338 e. The van der Waals surface area contributed by atoms with Crippen LogP contribution < -0.4 is 0 Å². The first-order valence-corrected chi connectivity index (χ1v) is 11.5. The molecule has 186 valence electrons. The number of halogens is 3. The maximum Gasteiger partial charge on any atom is 0.338 e. The normalized spacial score (nSPS) is 21.7. The van der Waals surface area contributed by atoms with Crippen LogP contribution in [-0.2, 0) is 23.7 Å². The minimum atomic E-state index is -2.19. The molecule has 0 amide bonds. The van der Waals surface area contributed by atoms with Crippen molar-refractivity contribution in [1.82, 2.24) is 0 Å². The Balaban J connectivity index is 1.82. The van der Waals surface area contributed by atoms with Crippen molar-refractivity contribution in [3.05, 3.63) is 84.4 Å². The molecule has 1 heterocycles. The Morgan fingerprint density at radius 3 is 2.06 bits per heavy atom. The van der Waals surface area contributed by atoms with Crippen LogP contribution in [0.3, 0.4) is 0 Å². The highest BCUT2D eigenvalue weighted by atomic mass is 35.6. The predicted octanol–water partition coefficient (Wildman–Crippen LogP) is 4.73. The number of rotatable bonds is 9. The van der Waals surface area contributed by atoms with E-state index >= 15 is 0 Å². The van der Waals surface area contributed by atoms with Crippen molar-refractivity contribution in [2.45, 2.75) is 28.4 Å². The Morgan fingerprint density at radius 1 is 0.943 bits per heavy atom. The number of hydrogen-bond donors (Lipinski definition) is 1. The van der Waals surface area contributed by atoms with Gasteiger partial charge in [0.05, 0.1) is 17.7 Å². The van der Waals surface area contributed by atoms with Crippen molar-refractivity contribution in [2.75, 3.05) is 13.2 Å². The SMILES string of the molecule is C=CCO[C@H]1[C@@H](OC(=O)c2ccccc2)[C@H](OC(=N)C(Cl)(Cl)Cl)O[C@@H]1COC(=O)c1ccccc1. The van der Waals surface area contributed by atoms with Gasteiger partial charge in [-0.2, -0.15) is 0 Å². The molecule has 1 saturated heterocycles. The molecule has 11 heteroatoms. The lowest BCUT2D eigenvalue weighted by molar-refractivity contribution is -0.128. The highest BCUT2D eigenvalue weighted by Crippen LogP contribution is 2.33. The standard InChI is InChI=1S/C24H22Cl3NO7/c1-2-13-31-18-17(14-32-20(29)15-9-5-3-6-10-15)33-22(35-23(28)24(25,26)27)19(18)34-21(30)16-11-7-4-8-12-16/h2-12,17-19,22,28H,1,13-14H2/t17-,18-,19-,22+/m1/s1. The van der Waals surface area contributed by atoms with Crippen LogP contribution in [0.15, 0.2) is 73.3 Å². The molecule has 1 fully saturated rings. The molecular formula is C24H22Cl3NO7. The highest BCUT2D eigenvalue weighted by Gasteiger charge is 2.51. The summed E-state index contributed by atoms with van der Waals surface area (Å²) in [5, 5.41) is 7.91. The number of carbonyl (C=O) groups is 2. The van der Waals surface area contributed by atoms with Crippen LogP contribution in [0, 0.1) is 5.41 Å². The van der Waals surface area contributed by atoms with E-state index in [1.54, 1.807) is 60.7 Å². The molecule has 35 heavy (non-hydrogen) atoms. The fourth-order valence-corrected chi connectivity index (χ4v) is 3.32. The lowest BCUT2D eigenvalue weighted by Gasteiger charge is -2.25. The van der Waals surface area contributed by atoms with Crippen molar-refractivity contribution >= 4 is 52.6 Å². The molecule has 2 aromatic rings. The van der Waals surface area contributed by atoms with Crippen molar-refractivity contribution < 1.29 is 33.3 Å². The third-order valence-electron chi connectivity index (χ3n) is 4.81. The number of esters is 2. The van der Waals surface area contributed by atoms with Crippen LogP contribution in [0.2, 0.25) is 0 Å². The van der Waals surface area contributed by atoms with Gasteiger partial charge in [0, 0.05) is 0 Å². The van der Waals surface area contributed by atoms with E-state index in [2.05, 4.69) is 6.58 Å². The Bertz CT molecular complexity index is 1030. The fourth-order valence-electron chi connectivity index (χ4n) is 3.19. The van der Waals surface area contributed by atoms with Gasteiger partial charge in [0.25, 0.3) is 3.79 Å². The Labute approximate surface area is 217 Å². The number of benzene rings is 2. The third kappa shape index (κ3) is 7.43. The number of nitrogens with one attached hydrogen (secondary N) is 1. The van der Waals surface area contributed by atoms with Gasteiger partial charge in [0.1, 0.15) is 18.8 Å². The van der Waals surface area contributed by atoms with E-state index in [0.717, 1.165) is 0 Å². The molecule has 3 rings (SSSR count). The van der Waals surface area contributed by atoms with E-state index in [9.17, 15) is 9.59 Å². The topological polar surface area (TPSA) is 104 Å². The van der Waals surface area contributed by atoms with Gasteiger partial charge >= 0.3 is 11.9 Å². The number of carbonyl (C=O) groups excluding carboxylic acids is 2. The number of hydrogen-bond acceptors (Lipinski definition) is 8. The van der Waals surface area contributed by atoms with Gasteiger partial charge in [-0.05, 0) is 24.3 Å². The van der Waals surface area contributed by atoms with Gasteiger partial charge in [0.2, 0.25) is 12.2 Å². The summed E-state index contributed by atoms with van der Waals surface area (Å²) in [6.07, 6.45) is -3.00. The average Bonchev–Trinajstić information content (AvgIpc) is 3.17. The van der Waals surface area contributed by atoms with Crippen molar-refractivity contribution in [2.24, 2.45) is 0 Å². The second kappa shape index (κ2) is 12.4. The molecule has 0 unspecified atom stereocenters. The highest BCUT2D eigenvalue weighted by molar-refractivity contribution is 6.76. The van der Waals surface area contributed by atoms with Gasteiger partial charge in [0.15, 0.2) is 6.10 Å².